The molecule has 0 saturated carbocycles. The zero-order valence-corrected chi connectivity index (χ0v) is 11.2. The molecule has 0 aliphatic carbocycles. The van der Waals surface area contributed by atoms with Gasteiger partial charge in [0, 0.05) is 23.9 Å². The highest BCUT2D eigenvalue weighted by Gasteiger charge is 2.14. The Morgan fingerprint density at radius 1 is 1.10 bits per heavy atom. The van der Waals surface area contributed by atoms with Crippen LogP contribution < -0.4 is 9.47 Å². The minimum atomic E-state index is -0.397. The predicted molar refractivity (Wildman–Crippen MR) is 77.1 cm³/mol. The monoisotopic (exact) mass is 267 g/mol. The van der Waals surface area contributed by atoms with E-state index < -0.39 is 5.97 Å². The van der Waals surface area contributed by atoms with Crippen molar-refractivity contribution in [3.05, 3.63) is 42.6 Å². The Hall–Kier alpha value is -2.62. The van der Waals surface area contributed by atoms with Gasteiger partial charge in [0.2, 0.25) is 0 Å². The highest BCUT2D eigenvalue weighted by Crippen LogP contribution is 2.37. The van der Waals surface area contributed by atoms with E-state index in [1.54, 1.807) is 12.3 Å². The van der Waals surface area contributed by atoms with Crippen molar-refractivity contribution >= 4 is 27.6 Å². The molecule has 100 valence electrons. The number of rotatable bonds is 2. The fourth-order valence-electron chi connectivity index (χ4n) is 2.29. The van der Waals surface area contributed by atoms with E-state index in [9.17, 15) is 4.79 Å². The normalized spacial score (nSPS) is 10.7. The molecule has 0 aliphatic heterocycles. The molecule has 0 spiro atoms. The molecular formula is C16H13NO3. The number of carbonyl (C=O) groups is 1. The molecule has 4 heteroatoms. The number of hydrogen-bond donors (Lipinski definition) is 0. The molecule has 4 nitrogen and oxygen atoms in total. The van der Waals surface area contributed by atoms with Crippen LogP contribution in [0, 0.1) is 0 Å². The summed E-state index contributed by atoms with van der Waals surface area (Å²) in [4.78, 5) is 15.7. The van der Waals surface area contributed by atoms with Crippen LogP contribution in [0.15, 0.2) is 42.6 Å². The lowest BCUT2D eigenvalue weighted by atomic mass is 10.1. The highest BCUT2D eigenvalue weighted by molar-refractivity contribution is 6.08. The molecule has 0 fully saturated rings. The van der Waals surface area contributed by atoms with Gasteiger partial charge >= 0.3 is 5.97 Å². The molecule has 0 atom stereocenters. The number of fused-ring (bicyclic) bond motifs is 3. The predicted octanol–water partition coefficient (Wildman–Crippen LogP) is 3.32. The summed E-state index contributed by atoms with van der Waals surface area (Å²) in [5, 5.41) is 3.03. The van der Waals surface area contributed by atoms with Crippen LogP contribution in [0.2, 0.25) is 0 Å². The largest absolute Gasteiger partial charge is 0.493 e. The molecule has 0 unspecified atom stereocenters. The topological polar surface area (TPSA) is 48.4 Å². The third-order valence-electron chi connectivity index (χ3n) is 3.14. The summed E-state index contributed by atoms with van der Waals surface area (Å²) < 4.78 is 10.5. The van der Waals surface area contributed by atoms with Crippen LogP contribution in [0.3, 0.4) is 0 Å². The van der Waals surface area contributed by atoms with Crippen molar-refractivity contribution < 1.29 is 14.3 Å². The van der Waals surface area contributed by atoms with Crippen LogP contribution in [-0.2, 0) is 4.79 Å². The van der Waals surface area contributed by atoms with E-state index in [1.807, 2.05) is 30.3 Å². The number of carbonyl (C=O) groups excluding carboxylic acids is 1. The van der Waals surface area contributed by atoms with Gasteiger partial charge in [0.1, 0.15) is 5.52 Å². The van der Waals surface area contributed by atoms with Crippen molar-refractivity contribution in [1.29, 1.82) is 0 Å². The summed E-state index contributed by atoms with van der Waals surface area (Å²) >= 11 is 0. The fraction of sp³-hybridized carbons (Fsp3) is 0.125. The second-order valence-electron chi connectivity index (χ2n) is 4.43. The number of hydrogen-bond acceptors (Lipinski definition) is 4. The molecule has 20 heavy (non-hydrogen) atoms. The van der Waals surface area contributed by atoms with Crippen molar-refractivity contribution in [3.8, 4) is 11.5 Å². The summed E-state index contributed by atoms with van der Waals surface area (Å²) in [6.45, 7) is 1.36. The summed E-state index contributed by atoms with van der Waals surface area (Å²) in [5.74, 6) is 0.462. The second-order valence-corrected chi connectivity index (χ2v) is 4.43. The highest BCUT2D eigenvalue weighted by atomic mass is 16.6. The summed E-state index contributed by atoms with van der Waals surface area (Å²) in [6.07, 6.45) is 1.77. The van der Waals surface area contributed by atoms with Gasteiger partial charge in [-0.25, -0.2) is 0 Å². The average molecular weight is 267 g/mol. The Kier molecular flexibility index (Phi) is 2.99. The first-order chi connectivity index (χ1) is 9.70. The maximum atomic E-state index is 11.3. The first-order valence-electron chi connectivity index (χ1n) is 6.23. The summed E-state index contributed by atoms with van der Waals surface area (Å²) in [7, 11) is 1.54. The van der Waals surface area contributed by atoms with Crippen molar-refractivity contribution in [2.75, 3.05) is 7.11 Å². The number of esters is 1. The molecule has 1 aromatic heterocycles. The van der Waals surface area contributed by atoms with Gasteiger partial charge < -0.3 is 9.47 Å². The lowest BCUT2D eigenvalue weighted by Gasteiger charge is -2.11. The maximum absolute atomic E-state index is 11.3. The average Bonchev–Trinajstić information content (AvgIpc) is 2.46. The Labute approximate surface area is 115 Å². The molecule has 0 aliphatic rings. The standard InChI is InChI=1S/C16H13NO3/c1-10(18)20-16-14(19-2)8-7-13-12-6-4-3-5-11(12)9-17-15(13)16/h3-9H,1-2H3. The molecule has 0 radical (unpaired) electrons. The van der Waals surface area contributed by atoms with Crippen LogP contribution in [-0.4, -0.2) is 18.1 Å². The van der Waals surface area contributed by atoms with Gasteiger partial charge in [-0.15, -0.1) is 0 Å². The molecule has 1 heterocycles. The van der Waals surface area contributed by atoms with E-state index in [0.717, 1.165) is 16.2 Å². The zero-order valence-electron chi connectivity index (χ0n) is 11.2. The number of aromatic nitrogens is 1. The molecule has 0 N–H and O–H groups in total. The number of pyridine rings is 1. The third kappa shape index (κ3) is 1.95. The first kappa shape index (κ1) is 12.4. The quantitative estimate of drug-likeness (QED) is 0.406. The van der Waals surface area contributed by atoms with Gasteiger partial charge in [0.05, 0.1) is 7.11 Å². The molecular weight excluding hydrogens is 254 g/mol. The lowest BCUT2D eigenvalue weighted by molar-refractivity contribution is -0.131. The number of methoxy groups -OCH3 is 1. The third-order valence-corrected chi connectivity index (χ3v) is 3.14. The first-order valence-corrected chi connectivity index (χ1v) is 6.23. The Morgan fingerprint density at radius 2 is 1.90 bits per heavy atom. The van der Waals surface area contributed by atoms with Crippen LogP contribution >= 0.6 is 0 Å². The van der Waals surface area contributed by atoms with E-state index in [-0.39, 0.29) is 0 Å². The molecule has 0 bridgehead atoms. The van der Waals surface area contributed by atoms with E-state index in [2.05, 4.69) is 4.98 Å². The van der Waals surface area contributed by atoms with E-state index in [0.29, 0.717) is 17.0 Å². The van der Waals surface area contributed by atoms with Crippen molar-refractivity contribution in [2.45, 2.75) is 6.92 Å². The molecule has 0 amide bonds. The second kappa shape index (κ2) is 4.81. The van der Waals surface area contributed by atoms with Crippen molar-refractivity contribution in [2.24, 2.45) is 0 Å². The zero-order chi connectivity index (χ0) is 14.1. The minimum Gasteiger partial charge on any atom is -0.493 e. The number of ether oxygens (including phenoxy) is 2. The number of benzene rings is 2. The number of nitrogens with zero attached hydrogens (tertiary/aromatic N) is 1. The Bertz CT molecular complexity index is 811. The molecule has 0 saturated heterocycles. The van der Waals surface area contributed by atoms with Crippen molar-refractivity contribution in [1.82, 2.24) is 4.98 Å². The van der Waals surface area contributed by atoms with E-state index in [4.69, 9.17) is 9.47 Å². The Morgan fingerprint density at radius 3 is 2.65 bits per heavy atom. The van der Waals surface area contributed by atoms with E-state index in [1.165, 1.54) is 14.0 Å². The molecule has 2 aromatic carbocycles. The summed E-state index contributed by atoms with van der Waals surface area (Å²) in [6, 6.07) is 11.7. The SMILES string of the molecule is COc1ccc2c(ncc3ccccc32)c1OC(C)=O. The van der Waals surface area contributed by atoms with Gasteiger partial charge in [-0.2, -0.15) is 0 Å². The van der Waals surface area contributed by atoms with Gasteiger partial charge in [-0.05, 0) is 17.5 Å². The minimum absolute atomic E-state index is 0.364. The van der Waals surface area contributed by atoms with E-state index >= 15 is 0 Å². The van der Waals surface area contributed by atoms with Gasteiger partial charge in [0.25, 0.3) is 0 Å². The van der Waals surface area contributed by atoms with Crippen LogP contribution in [0.25, 0.3) is 21.7 Å². The molecule has 3 rings (SSSR count). The van der Waals surface area contributed by atoms with Crippen LogP contribution in [0.5, 0.6) is 11.5 Å². The van der Waals surface area contributed by atoms with Crippen molar-refractivity contribution in [3.63, 3.8) is 0 Å². The smallest absolute Gasteiger partial charge is 0.308 e. The van der Waals surface area contributed by atoms with Gasteiger partial charge in [-0.3, -0.25) is 9.78 Å². The van der Waals surface area contributed by atoms with Crippen LogP contribution in [0.1, 0.15) is 6.92 Å². The summed E-state index contributed by atoms with van der Waals surface area (Å²) in [5.41, 5.74) is 0.623. The Balaban J connectivity index is 2.39. The maximum Gasteiger partial charge on any atom is 0.308 e. The van der Waals surface area contributed by atoms with Gasteiger partial charge in [0.15, 0.2) is 11.5 Å². The fourth-order valence-corrected chi connectivity index (χ4v) is 2.29. The van der Waals surface area contributed by atoms with Gasteiger partial charge in [-0.1, -0.05) is 24.3 Å². The lowest BCUT2D eigenvalue weighted by Crippen LogP contribution is -2.04. The molecule has 3 aromatic rings. The van der Waals surface area contributed by atoms with Crippen LogP contribution in [0.4, 0.5) is 0 Å².